The fourth-order valence-electron chi connectivity index (χ4n) is 2.94. The van der Waals surface area contributed by atoms with Gasteiger partial charge in [0.15, 0.2) is 0 Å². The Morgan fingerprint density at radius 2 is 1.69 bits per heavy atom. The van der Waals surface area contributed by atoms with Crippen LogP contribution in [0.1, 0.15) is 24.1 Å². The van der Waals surface area contributed by atoms with Crippen molar-refractivity contribution in [3.63, 3.8) is 0 Å². The lowest BCUT2D eigenvalue weighted by atomic mass is 10.1. The van der Waals surface area contributed by atoms with Crippen LogP contribution in [0.2, 0.25) is 19.6 Å². The number of rotatable bonds is 1. The van der Waals surface area contributed by atoms with Gasteiger partial charge in [0.2, 0.25) is 0 Å². The van der Waals surface area contributed by atoms with E-state index in [1.807, 2.05) is 19.6 Å². The molecule has 1 aromatic heterocycles. The summed E-state index contributed by atoms with van der Waals surface area (Å²) in [4.78, 5) is 25.0. The maximum atomic E-state index is 14.4. The van der Waals surface area contributed by atoms with Gasteiger partial charge in [0, 0.05) is 18.3 Å². The van der Waals surface area contributed by atoms with Gasteiger partial charge in [-0.05, 0) is 31.4 Å². The van der Waals surface area contributed by atoms with Crippen LogP contribution in [0.15, 0.2) is 27.8 Å². The molecular weight excluding hydrogens is 354 g/mol. The monoisotopic (exact) mass is 374 g/mol. The maximum Gasteiger partial charge on any atom is 0.335 e. The molecule has 0 saturated carbocycles. The Balaban J connectivity index is 2.16. The molecule has 2 heterocycles. The molecule has 26 heavy (non-hydrogen) atoms. The van der Waals surface area contributed by atoms with Crippen molar-refractivity contribution in [3.8, 4) is 17.2 Å². The Morgan fingerprint density at radius 1 is 1.04 bits per heavy atom. The Bertz CT molecular complexity index is 1030. The summed E-state index contributed by atoms with van der Waals surface area (Å²) in [7, 11) is -1.80. The van der Waals surface area contributed by atoms with Crippen molar-refractivity contribution in [1.82, 2.24) is 9.13 Å². The van der Waals surface area contributed by atoms with E-state index in [0.29, 0.717) is 18.7 Å². The molecule has 7 heteroatoms. The minimum absolute atomic E-state index is 0.116. The van der Waals surface area contributed by atoms with E-state index in [-0.39, 0.29) is 11.3 Å². The molecule has 4 nitrogen and oxygen atoms in total. The number of aromatic nitrogens is 2. The van der Waals surface area contributed by atoms with E-state index in [9.17, 15) is 18.4 Å². The Morgan fingerprint density at radius 3 is 2.31 bits per heavy atom. The van der Waals surface area contributed by atoms with Crippen LogP contribution >= 0.6 is 0 Å². The summed E-state index contributed by atoms with van der Waals surface area (Å²) in [6, 6.07) is 3.36. The minimum atomic E-state index is -1.80. The predicted molar refractivity (Wildman–Crippen MR) is 99.4 cm³/mol. The number of benzene rings is 1. The van der Waals surface area contributed by atoms with E-state index in [2.05, 4.69) is 11.5 Å². The standard InChI is InChI=1S/C19H20F2N2O2Si/c1-26(2,3)9-7-15-16(20)10-14(11-17(15)21)23-18(24)12-13-6-4-5-8-22(13)19(23)25/h10-12H,4-6,8H2,1-3H3. The molecule has 136 valence electrons. The van der Waals surface area contributed by atoms with Gasteiger partial charge in [-0.15, -0.1) is 5.54 Å². The molecule has 0 bridgehead atoms. The van der Waals surface area contributed by atoms with Crippen LogP contribution < -0.4 is 11.2 Å². The first-order valence-electron chi connectivity index (χ1n) is 8.56. The summed E-state index contributed by atoms with van der Waals surface area (Å²) >= 11 is 0. The summed E-state index contributed by atoms with van der Waals surface area (Å²) in [5, 5.41) is 0. The van der Waals surface area contributed by atoms with Crippen LogP contribution in [0.25, 0.3) is 5.69 Å². The SMILES string of the molecule is C[Si](C)(C)C#Cc1c(F)cc(-n2c(=O)cc3n(c2=O)CCCC3)cc1F. The van der Waals surface area contributed by atoms with E-state index in [1.54, 1.807) is 0 Å². The minimum Gasteiger partial charge on any atom is -0.297 e. The highest BCUT2D eigenvalue weighted by atomic mass is 28.3. The van der Waals surface area contributed by atoms with Crippen molar-refractivity contribution in [2.45, 2.75) is 45.4 Å². The number of hydrogen-bond donors (Lipinski definition) is 0. The van der Waals surface area contributed by atoms with Crippen molar-refractivity contribution in [2.75, 3.05) is 0 Å². The van der Waals surface area contributed by atoms with Crippen LogP contribution in [-0.2, 0) is 13.0 Å². The average Bonchev–Trinajstić information content (AvgIpc) is 2.53. The molecule has 0 N–H and O–H groups in total. The normalized spacial score (nSPS) is 13.7. The zero-order valence-electron chi connectivity index (χ0n) is 15.0. The van der Waals surface area contributed by atoms with Crippen molar-refractivity contribution < 1.29 is 8.78 Å². The lowest BCUT2D eigenvalue weighted by Gasteiger charge is -2.19. The van der Waals surface area contributed by atoms with Crippen molar-refractivity contribution in [2.24, 2.45) is 0 Å². The van der Waals surface area contributed by atoms with Crippen LogP contribution in [0, 0.1) is 23.1 Å². The molecule has 0 fully saturated rings. The van der Waals surface area contributed by atoms with Gasteiger partial charge < -0.3 is 0 Å². The molecule has 1 aromatic carbocycles. The highest BCUT2D eigenvalue weighted by Gasteiger charge is 2.18. The zero-order chi connectivity index (χ0) is 19.1. The third kappa shape index (κ3) is 3.56. The lowest BCUT2D eigenvalue weighted by molar-refractivity contribution is 0.490. The first-order chi connectivity index (χ1) is 12.2. The first-order valence-corrected chi connectivity index (χ1v) is 12.1. The molecule has 0 aliphatic carbocycles. The van der Waals surface area contributed by atoms with Crippen molar-refractivity contribution in [3.05, 3.63) is 61.9 Å². The first kappa shape index (κ1) is 18.3. The second-order valence-electron chi connectivity index (χ2n) is 7.49. The maximum absolute atomic E-state index is 14.4. The highest BCUT2D eigenvalue weighted by Crippen LogP contribution is 2.17. The van der Waals surface area contributed by atoms with Gasteiger partial charge >= 0.3 is 5.69 Å². The summed E-state index contributed by atoms with van der Waals surface area (Å²) < 4.78 is 31.2. The number of hydrogen-bond acceptors (Lipinski definition) is 2. The van der Waals surface area contributed by atoms with Gasteiger partial charge in [0.25, 0.3) is 5.56 Å². The molecular formula is C19H20F2N2O2Si. The van der Waals surface area contributed by atoms with Gasteiger partial charge in [0.05, 0.1) is 11.3 Å². The van der Waals surface area contributed by atoms with Gasteiger partial charge in [0.1, 0.15) is 19.7 Å². The number of halogens is 2. The largest absolute Gasteiger partial charge is 0.335 e. The lowest BCUT2D eigenvalue weighted by Crippen LogP contribution is -2.41. The molecule has 0 atom stereocenters. The summed E-state index contributed by atoms with van der Waals surface area (Å²) in [6.45, 7) is 6.41. The smallest absolute Gasteiger partial charge is 0.297 e. The summed E-state index contributed by atoms with van der Waals surface area (Å²) in [5.74, 6) is 0.820. The zero-order valence-corrected chi connectivity index (χ0v) is 16.0. The van der Waals surface area contributed by atoms with Gasteiger partial charge in [-0.3, -0.25) is 9.36 Å². The molecule has 3 rings (SSSR count). The van der Waals surface area contributed by atoms with Gasteiger partial charge in [-0.25, -0.2) is 18.1 Å². The van der Waals surface area contributed by atoms with E-state index in [0.717, 1.165) is 29.5 Å². The number of fused-ring (bicyclic) bond motifs is 1. The van der Waals surface area contributed by atoms with Gasteiger partial charge in [-0.2, -0.15) is 0 Å². The van der Waals surface area contributed by atoms with E-state index in [4.69, 9.17) is 0 Å². The Hall–Kier alpha value is -2.46. The van der Waals surface area contributed by atoms with Crippen molar-refractivity contribution >= 4 is 8.07 Å². The van der Waals surface area contributed by atoms with Crippen LogP contribution in [0.3, 0.4) is 0 Å². The van der Waals surface area contributed by atoms with Gasteiger partial charge in [-0.1, -0.05) is 25.6 Å². The fraction of sp³-hybridized carbons (Fsp3) is 0.368. The summed E-state index contributed by atoms with van der Waals surface area (Å²) in [5.41, 5.74) is 1.99. The second kappa shape index (κ2) is 6.69. The Kier molecular flexibility index (Phi) is 4.72. The van der Waals surface area contributed by atoms with E-state index < -0.39 is 31.0 Å². The average molecular weight is 374 g/mol. The Labute approximate surface area is 151 Å². The predicted octanol–water partition coefficient (Wildman–Crippen LogP) is 2.84. The van der Waals surface area contributed by atoms with Crippen molar-refractivity contribution in [1.29, 1.82) is 0 Å². The molecule has 0 radical (unpaired) electrons. The topological polar surface area (TPSA) is 44.0 Å². The molecule has 2 aromatic rings. The van der Waals surface area contributed by atoms with Crippen LogP contribution in [-0.4, -0.2) is 17.2 Å². The third-order valence-corrected chi connectivity index (χ3v) is 5.07. The molecule has 1 aliphatic heterocycles. The molecule has 0 saturated heterocycles. The molecule has 0 spiro atoms. The van der Waals surface area contributed by atoms with Crippen LogP contribution in [0.5, 0.6) is 0 Å². The third-order valence-electron chi connectivity index (χ3n) is 4.19. The number of nitrogens with zero attached hydrogens (tertiary/aromatic N) is 2. The quantitative estimate of drug-likeness (QED) is 0.569. The highest BCUT2D eigenvalue weighted by molar-refractivity contribution is 6.83. The van der Waals surface area contributed by atoms with E-state index >= 15 is 0 Å². The molecule has 0 unspecified atom stereocenters. The second-order valence-corrected chi connectivity index (χ2v) is 12.2. The number of aryl methyl sites for hydroxylation is 1. The van der Waals surface area contributed by atoms with E-state index in [1.165, 1.54) is 10.6 Å². The molecule has 0 amide bonds. The van der Waals surface area contributed by atoms with Crippen LogP contribution in [0.4, 0.5) is 8.78 Å². The summed E-state index contributed by atoms with van der Waals surface area (Å²) in [6.07, 6.45) is 2.40. The fourth-order valence-corrected chi connectivity index (χ4v) is 3.44. The molecule has 1 aliphatic rings.